The Morgan fingerprint density at radius 2 is 1.56 bits per heavy atom. The third-order valence-corrected chi connectivity index (χ3v) is 8.31. The van der Waals surface area contributed by atoms with Gasteiger partial charge in [-0.25, -0.2) is 4.79 Å². The van der Waals surface area contributed by atoms with Gasteiger partial charge in [-0.3, -0.25) is 19.6 Å². The van der Waals surface area contributed by atoms with Crippen LogP contribution in [0, 0.1) is 0 Å². The number of urea groups is 1. The highest BCUT2D eigenvalue weighted by atomic mass is 16.2. The van der Waals surface area contributed by atoms with Gasteiger partial charge in [-0.15, -0.1) is 0 Å². The van der Waals surface area contributed by atoms with Gasteiger partial charge in [0.25, 0.3) is 5.91 Å². The lowest BCUT2D eigenvalue weighted by molar-refractivity contribution is -0.136. The number of amides is 3. The Balaban J connectivity index is 1.24. The first kappa shape index (κ1) is 22.9. The van der Waals surface area contributed by atoms with E-state index >= 15 is 0 Å². The number of imide groups is 1. The Morgan fingerprint density at radius 1 is 0.833 bits per heavy atom. The minimum atomic E-state index is -0.787. The molecule has 36 heavy (non-hydrogen) atoms. The number of rotatable bonds is 5. The lowest BCUT2D eigenvalue weighted by Crippen LogP contribution is -2.58. The van der Waals surface area contributed by atoms with Crippen LogP contribution >= 0.6 is 0 Å². The molecule has 0 N–H and O–H groups in total. The summed E-state index contributed by atoms with van der Waals surface area (Å²) < 4.78 is 0. The van der Waals surface area contributed by atoms with E-state index in [0.29, 0.717) is 25.4 Å². The zero-order valence-corrected chi connectivity index (χ0v) is 20.6. The highest BCUT2D eigenvalue weighted by Gasteiger charge is 2.58. The fourth-order valence-corrected chi connectivity index (χ4v) is 6.29. The largest absolute Gasteiger partial charge is 0.328 e. The monoisotopic (exact) mass is 480 g/mol. The van der Waals surface area contributed by atoms with E-state index in [-0.39, 0.29) is 18.5 Å². The van der Waals surface area contributed by atoms with Gasteiger partial charge in [0.2, 0.25) is 0 Å². The molecule has 2 fully saturated rings. The molecule has 2 aromatic carbocycles. The van der Waals surface area contributed by atoms with E-state index in [1.807, 2.05) is 53.4 Å². The van der Waals surface area contributed by atoms with E-state index in [4.69, 9.17) is 0 Å². The second-order valence-corrected chi connectivity index (χ2v) is 10.3. The second-order valence-electron chi connectivity index (χ2n) is 10.3. The van der Waals surface area contributed by atoms with Crippen molar-refractivity contribution in [2.75, 3.05) is 13.1 Å². The molecular weight excluding hydrogens is 448 g/mol. The summed E-state index contributed by atoms with van der Waals surface area (Å²) in [6, 6.07) is 24.7. The number of nitrogens with zero attached hydrogens (tertiary/aromatic N) is 4. The maximum absolute atomic E-state index is 14.0. The van der Waals surface area contributed by atoms with Gasteiger partial charge in [0.05, 0.1) is 12.2 Å². The van der Waals surface area contributed by atoms with Crippen molar-refractivity contribution < 1.29 is 9.59 Å². The molecule has 1 aliphatic carbocycles. The van der Waals surface area contributed by atoms with E-state index in [1.165, 1.54) is 16.0 Å². The van der Waals surface area contributed by atoms with Crippen LogP contribution in [0.4, 0.5) is 4.79 Å². The zero-order chi connectivity index (χ0) is 24.5. The van der Waals surface area contributed by atoms with Crippen molar-refractivity contribution in [1.29, 1.82) is 0 Å². The van der Waals surface area contributed by atoms with Gasteiger partial charge in [-0.05, 0) is 60.9 Å². The fraction of sp³-hybridized carbons (Fsp3) is 0.367. The van der Waals surface area contributed by atoms with Crippen molar-refractivity contribution in [1.82, 2.24) is 19.7 Å². The third kappa shape index (κ3) is 4.09. The Morgan fingerprint density at radius 3 is 2.31 bits per heavy atom. The average molecular weight is 481 g/mol. The van der Waals surface area contributed by atoms with Gasteiger partial charge < -0.3 is 4.90 Å². The molecule has 2 saturated heterocycles. The summed E-state index contributed by atoms with van der Waals surface area (Å²) in [6.45, 7) is 2.32. The average Bonchev–Trinajstić information content (AvgIpc) is 3.11. The predicted molar refractivity (Wildman–Crippen MR) is 138 cm³/mol. The standard InChI is InChI=1S/C30H32N4O2/c35-28-30(15-18-32(19-16-30)27-14-13-24-10-4-5-11-25(24)20-27)34(21-23-8-2-1-3-9-23)29(36)33(28)22-26-12-6-7-17-31-26/h1-12,17,27H,13-16,18-22H2/t27-/m0/s1. The molecule has 0 bridgehead atoms. The van der Waals surface area contributed by atoms with Gasteiger partial charge in [0.15, 0.2) is 0 Å². The first-order valence-corrected chi connectivity index (χ1v) is 13.0. The van der Waals surface area contributed by atoms with Crippen molar-refractivity contribution in [3.05, 3.63) is 101 Å². The van der Waals surface area contributed by atoms with E-state index in [1.54, 1.807) is 6.20 Å². The number of fused-ring (bicyclic) bond motifs is 1. The minimum Gasteiger partial charge on any atom is -0.305 e. The number of carbonyl (C=O) groups is 2. The van der Waals surface area contributed by atoms with Gasteiger partial charge in [-0.1, -0.05) is 60.7 Å². The minimum absolute atomic E-state index is 0.0669. The van der Waals surface area contributed by atoms with Crippen LogP contribution in [0.25, 0.3) is 0 Å². The number of carbonyl (C=O) groups excluding carboxylic acids is 2. The van der Waals surface area contributed by atoms with Crippen LogP contribution in [-0.4, -0.2) is 56.3 Å². The van der Waals surface area contributed by atoms with E-state index < -0.39 is 5.54 Å². The normalized spacial score (nSPS) is 21.7. The molecule has 3 amide bonds. The molecule has 1 aromatic heterocycles. The van der Waals surface area contributed by atoms with Crippen molar-refractivity contribution in [3.8, 4) is 0 Å². The Bertz CT molecular complexity index is 1240. The zero-order valence-electron chi connectivity index (χ0n) is 20.6. The topological polar surface area (TPSA) is 56.8 Å². The van der Waals surface area contributed by atoms with E-state index in [2.05, 4.69) is 34.1 Å². The SMILES string of the molecule is O=C1N(Cc2ccccn2)C(=O)C2(CCN([C@H]3CCc4ccccc4C3)CC2)N1Cc1ccccc1. The molecule has 0 radical (unpaired) electrons. The summed E-state index contributed by atoms with van der Waals surface area (Å²) >= 11 is 0. The van der Waals surface area contributed by atoms with Gasteiger partial charge in [0.1, 0.15) is 5.54 Å². The number of likely N-dealkylation sites (tertiary alicyclic amines) is 1. The molecule has 3 aromatic rings. The summed E-state index contributed by atoms with van der Waals surface area (Å²) in [5, 5.41) is 0. The van der Waals surface area contributed by atoms with Crippen molar-refractivity contribution in [2.24, 2.45) is 0 Å². The summed E-state index contributed by atoms with van der Waals surface area (Å²) in [5.41, 5.74) is 3.91. The Labute approximate surface area is 212 Å². The molecule has 184 valence electrons. The van der Waals surface area contributed by atoms with Crippen molar-refractivity contribution >= 4 is 11.9 Å². The Hall–Kier alpha value is -3.51. The number of benzene rings is 2. The molecule has 1 atom stereocenters. The number of aryl methyl sites for hydroxylation is 1. The quantitative estimate of drug-likeness (QED) is 0.507. The molecule has 3 aliphatic rings. The van der Waals surface area contributed by atoms with Gasteiger partial charge in [-0.2, -0.15) is 0 Å². The summed E-state index contributed by atoms with van der Waals surface area (Å²) in [4.78, 5) is 37.9. The molecule has 1 spiro atoms. The van der Waals surface area contributed by atoms with Crippen molar-refractivity contribution in [3.63, 3.8) is 0 Å². The number of hydrogen-bond donors (Lipinski definition) is 0. The van der Waals surface area contributed by atoms with Crippen LogP contribution in [0.3, 0.4) is 0 Å². The highest BCUT2D eigenvalue weighted by Crippen LogP contribution is 2.40. The molecule has 6 rings (SSSR count). The fourth-order valence-electron chi connectivity index (χ4n) is 6.29. The van der Waals surface area contributed by atoms with Gasteiger partial charge >= 0.3 is 6.03 Å². The van der Waals surface area contributed by atoms with Crippen molar-refractivity contribution in [2.45, 2.75) is 56.8 Å². The number of aromatic nitrogens is 1. The molecule has 3 heterocycles. The predicted octanol–water partition coefficient (Wildman–Crippen LogP) is 4.44. The van der Waals surface area contributed by atoms with Crippen LogP contribution in [0.1, 0.15) is 41.6 Å². The lowest BCUT2D eigenvalue weighted by Gasteiger charge is -2.45. The van der Waals surface area contributed by atoms with Crippen LogP contribution < -0.4 is 0 Å². The molecule has 0 saturated carbocycles. The molecule has 6 nitrogen and oxygen atoms in total. The molecule has 0 unspecified atom stereocenters. The summed E-state index contributed by atoms with van der Waals surface area (Å²) in [6.07, 6.45) is 6.37. The highest BCUT2D eigenvalue weighted by molar-refractivity contribution is 6.07. The van der Waals surface area contributed by atoms with Crippen LogP contribution in [0.2, 0.25) is 0 Å². The van der Waals surface area contributed by atoms with E-state index in [9.17, 15) is 9.59 Å². The smallest absolute Gasteiger partial charge is 0.305 e. The lowest BCUT2D eigenvalue weighted by atomic mass is 9.82. The summed E-state index contributed by atoms with van der Waals surface area (Å²) in [5.74, 6) is -0.0669. The van der Waals surface area contributed by atoms with Crippen LogP contribution in [-0.2, 0) is 30.7 Å². The van der Waals surface area contributed by atoms with Crippen LogP contribution in [0.15, 0.2) is 79.0 Å². The first-order chi connectivity index (χ1) is 17.6. The maximum Gasteiger partial charge on any atom is 0.328 e. The maximum atomic E-state index is 14.0. The number of hydrogen-bond acceptors (Lipinski definition) is 4. The van der Waals surface area contributed by atoms with E-state index in [0.717, 1.165) is 43.6 Å². The summed E-state index contributed by atoms with van der Waals surface area (Å²) in [7, 11) is 0. The molecule has 6 heteroatoms. The number of pyridine rings is 1. The van der Waals surface area contributed by atoms with Crippen LogP contribution in [0.5, 0.6) is 0 Å². The number of piperidine rings is 1. The Kier molecular flexibility index (Phi) is 6.05. The second kappa shape index (κ2) is 9.51. The molecule has 2 aliphatic heterocycles. The first-order valence-electron chi connectivity index (χ1n) is 13.0. The van der Waals surface area contributed by atoms with Gasteiger partial charge in [0, 0.05) is 31.9 Å². The molecular formula is C30H32N4O2. The third-order valence-electron chi connectivity index (χ3n) is 8.31.